The summed E-state index contributed by atoms with van der Waals surface area (Å²) in [5.74, 6) is -0.819. The maximum Gasteiger partial charge on any atom is 0.350 e. The van der Waals surface area contributed by atoms with E-state index in [-0.39, 0.29) is 12.1 Å². The fraction of sp³-hybridized carbons (Fsp3) is 0.150. The van der Waals surface area contributed by atoms with Gasteiger partial charge in [-0.1, -0.05) is 17.4 Å². The molecule has 2 heterocycles. The first-order valence-corrected chi connectivity index (χ1v) is 9.53. The van der Waals surface area contributed by atoms with Crippen molar-refractivity contribution in [3.05, 3.63) is 87.2 Å². The molecule has 2 aromatic carbocycles. The molecule has 6 nitrogen and oxygen atoms in total. The van der Waals surface area contributed by atoms with Crippen LogP contribution in [0.1, 0.15) is 16.3 Å². The number of hydrogen-bond acceptors (Lipinski definition) is 5. The first kappa shape index (κ1) is 19.0. The lowest BCUT2D eigenvalue weighted by Crippen LogP contribution is -2.24. The molecule has 0 saturated carbocycles. The van der Waals surface area contributed by atoms with Crippen molar-refractivity contribution in [2.24, 2.45) is 0 Å². The molecule has 9 heteroatoms. The molecular formula is C20H16F2N4O2S. The van der Waals surface area contributed by atoms with Gasteiger partial charge in [0.25, 0.3) is 0 Å². The molecule has 0 fully saturated rings. The Morgan fingerprint density at radius 2 is 1.76 bits per heavy atom. The van der Waals surface area contributed by atoms with Crippen LogP contribution in [0.15, 0.2) is 53.6 Å². The fourth-order valence-electron chi connectivity index (χ4n) is 2.84. The average Bonchev–Trinajstić information content (AvgIpc) is 3.20. The average molecular weight is 414 g/mol. The van der Waals surface area contributed by atoms with E-state index >= 15 is 0 Å². The summed E-state index contributed by atoms with van der Waals surface area (Å²) in [7, 11) is 0. The number of benzene rings is 2. The Hall–Kier alpha value is -3.33. The molecule has 4 rings (SSSR count). The molecule has 0 unspecified atom stereocenters. The quantitative estimate of drug-likeness (QED) is 0.490. The van der Waals surface area contributed by atoms with Gasteiger partial charge in [0, 0.05) is 5.56 Å². The molecule has 0 N–H and O–H groups in total. The Bertz CT molecular complexity index is 1210. The van der Waals surface area contributed by atoms with E-state index in [1.807, 2.05) is 13.8 Å². The summed E-state index contributed by atoms with van der Waals surface area (Å²) in [6.07, 6.45) is 1.25. The van der Waals surface area contributed by atoms with Gasteiger partial charge < -0.3 is 4.74 Å². The predicted octanol–water partition coefficient (Wildman–Crippen LogP) is 4.23. The summed E-state index contributed by atoms with van der Waals surface area (Å²) >= 11 is 1.45. The number of nitrogens with zero attached hydrogens (tertiary/aromatic N) is 4. The lowest BCUT2D eigenvalue weighted by Gasteiger charge is -2.06. The third kappa shape index (κ3) is 3.81. The Morgan fingerprint density at radius 3 is 2.38 bits per heavy atom. The van der Waals surface area contributed by atoms with Crippen molar-refractivity contribution in [2.75, 3.05) is 0 Å². The van der Waals surface area contributed by atoms with E-state index in [2.05, 4.69) is 10.1 Å². The largest absolute Gasteiger partial charge is 0.445 e. The highest BCUT2D eigenvalue weighted by Crippen LogP contribution is 2.31. The SMILES string of the molecule is Cc1nc(C)c(Oc2ccc(-n3ncn(Cc4c(F)cccc4F)c3=O)cc2)s1. The first-order valence-electron chi connectivity index (χ1n) is 8.72. The second kappa shape index (κ2) is 7.59. The van der Waals surface area contributed by atoms with E-state index in [1.54, 1.807) is 24.3 Å². The lowest BCUT2D eigenvalue weighted by molar-refractivity contribution is 0.491. The van der Waals surface area contributed by atoms with Crippen LogP contribution in [0.2, 0.25) is 0 Å². The van der Waals surface area contributed by atoms with Crippen molar-refractivity contribution in [1.82, 2.24) is 19.3 Å². The van der Waals surface area contributed by atoms with Gasteiger partial charge in [-0.2, -0.15) is 9.78 Å². The van der Waals surface area contributed by atoms with Crippen LogP contribution < -0.4 is 10.4 Å². The molecule has 0 spiro atoms. The fourth-order valence-corrected chi connectivity index (χ4v) is 3.63. The van der Waals surface area contributed by atoms with E-state index < -0.39 is 17.3 Å². The van der Waals surface area contributed by atoms with Crippen LogP contribution >= 0.6 is 11.3 Å². The van der Waals surface area contributed by atoms with Gasteiger partial charge in [-0.15, -0.1) is 0 Å². The van der Waals surface area contributed by atoms with E-state index in [0.29, 0.717) is 16.5 Å². The van der Waals surface area contributed by atoms with Crippen LogP contribution in [0.4, 0.5) is 8.78 Å². The summed E-state index contributed by atoms with van der Waals surface area (Å²) < 4.78 is 35.8. The van der Waals surface area contributed by atoms with Crippen molar-refractivity contribution >= 4 is 11.3 Å². The van der Waals surface area contributed by atoms with Gasteiger partial charge in [-0.25, -0.2) is 18.6 Å². The van der Waals surface area contributed by atoms with Crippen LogP contribution in [0.5, 0.6) is 10.8 Å². The molecule has 0 aliphatic heterocycles. The van der Waals surface area contributed by atoms with Crippen LogP contribution in [-0.2, 0) is 6.54 Å². The third-order valence-electron chi connectivity index (χ3n) is 4.28. The summed E-state index contributed by atoms with van der Waals surface area (Å²) in [6.45, 7) is 3.53. The summed E-state index contributed by atoms with van der Waals surface area (Å²) in [4.78, 5) is 16.9. The molecule has 148 valence electrons. The first-order chi connectivity index (χ1) is 13.9. The number of hydrogen-bond donors (Lipinski definition) is 0. The smallest absolute Gasteiger partial charge is 0.350 e. The Morgan fingerprint density at radius 1 is 1.07 bits per heavy atom. The lowest BCUT2D eigenvalue weighted by atomic mass is 10.2. The molecule has 0 atom stereocenters. The van der Waals surface area contributed by atoms with Crippen molar-refractivity contribution < 1.29 is 13.5 Å². The summed E-state index contributed by atoms with van der Waals surface area (Å²) in [5, 5.41) is 5.67. The predicted molar refractivity (Wildman–Crippen MR) is 105 cm³/mol. The topological polar surface area (TPSA) is 61.9 Å². The number of aryl methyl sites for hydroxylation is 2. The summed E-state index contributed by atoms with van der Waals surface area (Å²) in [5.41, 5.74) is 0.627. The van der Waals surface area contributed by atoms with Gasteiger partial charge in [0.15, 0.2) is 0 Å². The normalized spacial score (nSPS) is 11.0. The van der Waals surface area contributed by atoms with Crippen molar-refractivity contribution in [3.63, 3.8) is 0 Å². The molecule has 4 aromatic rings. The third-order valence-corrected chi connectivity index (χ3v) is 5.23. The number of ether oxygens (including phenoxy) is 1. The number of thiazole rings is 1. The minimum absolute atomic E-state index is 0.187. The maximum absolute atomic E-state index is 13.9. The highest BCUT2D eigenvalue weighted by molar-refractivity contribution is 7.13. The van der Waals surface area contributed by atoms with Gasteiger partial charge in [-0.05, 0) is 50.2 Å². The van der Waals surface area contributed by atoms with Crippen LogP contribution in [0.25, 0.3) is 5.69 Å². The molecule has 0 aliphatic carbocycles. The number of rotatable bonds is 5. The van der Waals surface area contributed by atoms with Gasteiger partial charge in [0.05, 0.1) is 22.9 Å². The zero-order valence-corrected chi connectivity index (χ0v) is 16.4. The molecule has 2 aromatic heterocycles. The zero-order chi connectivity index (χ0) is 20.5. The monoisotopic (exact) mass is 414 g/mol. The zero-order valence-electron chi connectivity index (χ0n) is 15.6. The Labute approximate surface area is 168 Å². The Balaban J connectivity index is 1.56. The van der Waals surface area contributed by atoms with Gasteiger partial charge in [0.2, 0.25) is 5.06 Å². The van der Waals surface area contributed by atoms with E-state index in [0.717, 1.165) is 32.1 Å². The molecule has 0 aliphatic rings. The van der Waals surface area contributed by atoms with Gasteiger partial charge >= 0.3 is 5.69 Å². The van der Waals surface area contributed by atoms with Crippen molar-refractivity contribution in [2.45, 2.75) is 20.4 Å². The maximum atomic E-state index is 13.9. The van der Waals surface area contributed by atoms with E-state index in [4.69, 9.17) is 4.74 Å². The van der Waals surface area contributed by atoms with Crippen molar-refractivity contribution in [3.8, 4) is 16.5 Å². The second-order valence-electron chi connectivity index (χ2n) is 6.36. The molecular weight excluding hydrogens is 398 g/mol. The minimum Gasteiger partial charge on any atom is -0.445 e. The molecule has 0 saturated heterocycles. The molecule has 0 amide bonds. The molecule has 0 bridgehead atoms. The number of halogens is 2. The standard InChI is InChI=1S/C20H16F2N4O2S/c1-12-19(29-13(2)24-12)28-15-8-6-14(7-9-15)26-20(27)25(11-23-26)10-16-17(21)4-3-5-18(16)22/h3-9,11H,10H2,1-2H3. The molecule has 0 radical (unpaired) electrons. The minimum atomic E-state index is -0.709. The van der Waals surface area contributed by atoms with Crippen molar-refractivity contribution in [1.29, 1.82) is 0 Å². The van der Waals surface area contributed by atoms with Gasteiger partial charge in [-0.3, -0.25) is 4.57 Å². The van der Waals surface area contributed by atoms with E-state index in [1.165, 1.54) is 23.7 Å². The van der Waals surface area contributed by atoms with Crippen LogP contribution in [0.3, 0.4) is 0 Å². The van der Waals surface area contributed by atoms with Crippen LogP contribution in [0, 0.1) is 25.5 Å². The summed E-state index contributed by atoms with van der Waals surface area (Å²) in [6, 6.07) is 10.4. The Kier molecular flexibility index (Phi) is 4.98. The second-order valence-corrected chi connectivity index (χ2v) is 7.52. The van der Waals surface area contributed by atoms with Crippen LogP contribution in [-0.4, -0.2) is 19.3 Å². The highest BCUT2D eigenvalue weighted by atomic mass is 32.1. The highest BCUT2D eigenvalue weighted by Gasteiger charge is 2.13. The molecule has 29 heavy (non-hydrogen) atoms. The number of aromatic nitrogens is 4. The van der Waals surface area contributed by atoms with E-state index in [9.17, 15) is 13.6 Å². The van der Waals surface area contributed by atoms with Gasteiger partial charge in [0.1, 0.15) is 23.7 Å².